The van der Waals surface area contributed by atoms with Crippen LogP contribution in [0.3, 0.4) is 0 Å². The minimum atomic E-state index is -4.40. The Morgan fingerprint density at radius 1 is 1.04 bits per heavy atom. The molecule has 7 heteroatoms. The third-order valence-electron chi connectivity index (χ3n) is 3.69. The van der Waals surface area contributed by atoms with Gasteiger partial charge in [-0.15, -0.1) is 0 Å². The molecule has 134 valence electrons. The highest BCUT2D eigenvalue weighted by molar-refractivity contribution is 5.92. The van der Waals surface area contributed by atoms with Crippen LogP contribution in [-0.2, 0) is 17.4 Å². The van der Waals surface area contributed by atoms with Crippen LogP contribution in [-0.4, -0.2) is 20.1 Å². The fourth-order valence-electron chi connectivity index (χ4n) is 2.33. The van der Waals surface area contributed by atoms with Gasteiger partial charge in [0.15, 0.2) is 11.5 Å². The lowest BCUT2D eigenvalue weighted by atomic mass is 10.0. The molecule has 2 rings (SSSR count). The van der Waals surface area contributed by atoms with Crippen molar-refractivity contribution < 1.29 is 27.4 Å². The van der Waals surface area contributed by atoms with Gasteiger partial charge in [0.25, 0.3) is 0 Å². The van der Waals surface area contributed by atoms with Gasteiger partial charge in [-0.1, -0.05) is 0 Å². The Balaban J connectivity index is 2.10. The summed E-state index contributed by atoms with van der Waals surface area (Å²) in [5.41, 5.74) is 1.12. The Labute approximate surface area is 143 Å². The van der Waals surface area contributed by atoms with Gasteiger partial charge in [0.05, 0.1) is 26.2 Å². The number of ether oxygens (including phenoxy) is 2. The van der Waals surface area contributed by atoms with E-state index in [9.17, 15) is 18.0 Å². The van der Waals surface area contributed by atoms with Crippen molar-refractivity contribution in [3.63, 3.8) is 0 Å². The molecule has 0 spiro atoms. The van der Waals surface area contributed by atoms with Crippen LogP contribution < -0.4 is 14.8 Å². The summed E-state index contributed by atoms with van der Waals surface area (Å²) in [6.45, 7) is 1.84. The molecule has 0 saturated heterocycles. The molecule has 0 aromatic heterocycles. The second kappa shape index (κ2) is 7.46. The number of alkyl halides is 3. The number of rotatable bonds is 5. The number of hydrogen-bond acceptors (Lipinski definition) is 3. The van der Waals surface area contributed by atoms with E-state index < -0.39 is 11.7 Å². The van der Waals surface area contributed by atoms with Gasteiger partial charge >= 0.3 is 6.18 Å². The predicted molar refractivity (Wildman–Crippen MR) is 88.1 cm³/mol. The van der Waals surface area contributed by atoms with Gasteiger partial charge in [-0.05, 0) is 54.4 Å². The maximum atomic E-state index is 12.5. The zero-order chi connectivity index (χ0) is 18.6. The third kappa shape index (κ3) is 4.65. The minimum absolute atomic E-state index is 0.0627. The molecule has 0 aliphatic carbocycles. The summed E-state index contributed by atoms with van der Waals surface area (Å²) in [6.07, 6.45) is -4.34. The molecule has 0 saturated carbocycles. The number of benzene rings is 2. The normalized spacial score (nSPS) is 11.1. The average Bonchev–Trinajstić information content (AvgIpc) is 2.55. The maximum absolute atomic E-state index is 12.5. The highest BCUT2D eigenvalue weighted by Gasteiger charge is 2.30. The lowest BCUT2D eigenvalue weighted by Gasteiger charge is -2.13. The van der Waals surface area contributed by atoms with E-state index in [0.29, 0.717) is 17.2 Å². The summed E-state index contributed by atoms with van der Waals surface area (Å²) < 4.78 is 48.0. The number of methoxy groups -OCH3 is 2. The molecule has 0 fully saturated rings. The molecular formula is C18H18F3NO3. The number of nitrogens with one attached hydrogen (secondary N) is 1. The molecule has 0 unspecified atom stereocenters. The smallest absolute Gasteiger partial charge is 0.416 e. The zero-order valence-corrected chi connectivity index (χ0v) is 14.0. The number of carbonyl (C=O) groups excluding carboxylic acids is 1. The molecule has 25 heavy (non-hydrogen) atoms. The molecule has 2 aromatic rings. The summed E-state index contributed by atoms with van der Waals surface area (Å²) in [6, 6.07) is 7.78. The monoisotopic (exact) mass is 353 g/mol. The fraction of sp³-hybridized carbons (Fsp3) is 0.278. The fourth-order valence-corrected chi connectivity index (χ4v) is 2.33. The summed E-state index contributed by atoms with van der Waals surface area (Å²) in [4.78, 5) is 12.2. The van der Waals surface area contributed by atoms with E-state index in [0.717, 1.165) is 23.3 Å². The van der Waals surface area contributed by atoms with Crippen LogP contribution in [0.1, 0.15) is 16.7 Å². The number of anilines is 1. The molecule has 0 aliphatic heterocycles. The third-order valence-corrected chi connectivity index (χ3v) is 3.69. The molecule has 1 amide bonds. The maximum Gasteiger partial charge on any atom is 0.416 e. The second-order valence-electron chi connectivity index (χ2n) is 5.43. The molecular weight excluding hydrogens is 335 g/mol. The van der Waals surface area contributed by atoms with Gasteiger partial charge in [-0.25, -0.2) is 0 Å². The Kier molecular flexibility index (Phi) is 5.56. The van der Waals surface area contributed by atoms with Crippen LogP contribution in [0.25, 0.3) is 0 Å². The Hall–Kier alpha value is -2.70. The SMILES string of the molecule is COc1cc(C)c(CC(=O)Nc2ccc(C(F)(F)F)cc2)cc1OC. The van der Waals surface area contributed by atoms with Crippen LogP contribution >= 0.6 is 0 Å². The van der Waals surface area contributed by atoms with E-state index in [1.54, 1.807) is 12.1 Å². The molecule has 0 heterocycles. The molecule has 0 bridgehead atoms. The van der Waals surface area contributed by atoms with Crippen molar-refractivity contribution in [2.45, 2.75) is 19.5 Å². The molecule has 4 nitrogen and oxygen atoms in total. The lowest BCUT2D eigenvalue weighted by Crippen LogP contribution is -2.15. The second-order valence-corrected chi connectivity index (χ2v) is 5.43. The van der Waals surface area contributed by atoms with E-state index in [2.05, 4.69) is 5.32 Å². The van der Waals surface area contributed by atoms with Crippen molar-refractivity contribution in [1.29, 1.82) is 0 Å². The van der Waals surface area contributed by atoms with Gasteiger partial charge in [-0.2, -0.15) is 13.2 Å². The van der Waals surface area contributed by atoms with Crippen LogP contribution in [0.5, 0.6) is 11.5 Å². The number of aryl methyl sites for hydroxylation is 1. The summed E-state index contributed by atoms with van der Waals surface area (Å²) >= 11 is 0. The largest absolute Gasteiger partial charge is 0.493 e. The Morgan fingerprint density at radius 3 is 2.12 bits per heavy atom. The first-order chi connectivity index (χ1) is 11.7. The molecule has 2 aromatic carbocycles. The van der Waals surface area contributed by atoms with E-state index in [1.165, 1.54) is 26.4 Å². The number of halogens is 3. The highest BCUT2D eigenvalue weighted by Crippen LogP contribution is 2.31. The number of carbonyl (C=O) groups is 1. The average molecular weight is 353 g/mol. The molecule has 0 radical (unpaired) electrons. The molecule has 1 N–H and O–H groups in total. The van der Waals surface area contributed by atoms with E-state index in [-0.39, 0.29) is 12.3 Å². The first-order valence-corrected chi connectivity index (χ1v) is 7.43. The Morgan fingerprint density at radius 2 is 1.60 bits per heavy atom. The summed E-state index contributed by atoms with van der Waals surface area (Å²) in [7, 11) is 3.02. The minimum Gasteiger partial charge on any atom is -0.493 e. The van der Waals surface area contributed by atoms with E-state index in [4.69, 9.17) is 9.47 Å². The van der Waals surface area contributed by atoms with Gasteiger partial charge in [0.2, 0.25) is 5.91 Å². The van der Waals surface area contributed by atoms with Crippen molar-refractivity contribution in [1.82, 2.24) is 0 Å². The van der Waals surface area contributed by atoms with Crippen LogP contribution in [0.2, 0.25) is 0 Å². The number of amides is 1. The van der Waals surface area contributed by atoms with Crippen molar-refractivity contribution in [3.8, 4) is 11.5 Å². The van der Waals surface area contributed by atoms with Gasteiger partial charge in [-0.3, -0.25) is 4.79 Å². The predicted octanol–water partition coefficient (Wildman–Crippen LogP) is 4.21. The van der Waals surface area contributed by atoms with Crippen molar-refractivity contribution in [2.24, 2.45) is 0 Å². The molecule has 0 aliphatic rings. The molecule has 0 atom stereocenters. The quantitative estimate of drug-likeness (QED) is 0.876. The van der Waals surface area contributed by atoms with Crippen molar-refractivity contribution in [2.75, 3.05) is 19.5 Å². The van der Waals surface area contributed by atoms with E-state index >= 15 is 0 Å². The zero-order valence-electron chi connectivity index (χ0n) is 14.0. The summed E-state index contributed by atoms with van der Waals surface area (Å²) in [5.74, 6) is 0.729. The number of hydrogen-bond donors (Lipinski definition) is 1. The van der Waals surface area contributed by atoms with Crippen LogP contribution in [0.15, 0.2) is 36.4 Å². The van der Waals surface area contributed by atoms with Crippen molar-refractivity contribution >= 4 is 11.6 Å². The van der Waals surface area contributed by atoms with Gasteiger partial charge in [0, 0.05) is 5.69 Å². The Bertz CT molecular complexity index is 755. The summed E-state index contributed by atoms with van der Waals surface area (Å²) in [5, 5.41) is 2.58. The van der Waals surface area contributed by atoms with Crippen LogP contribution in [0, 0.1) is 6.92 Å². The standard InChI is InChI=1S/C18H18F3NO3/c1-11-8-15(24-2)16(25-3)9-12(11)10-17(23)22-14-6-4-13(5-7-14)18(19,20)21/h4-9H,10H2,1-3H3,(H,22,23). The topological polar surface area (TPSA) is 47.6 Å². The van der Waals surface area contributed by atoms with Gasteiger partial charge in [0.1, 0.15) is 0 Å². The van der Waals surface area contributed by atoms with E-state index in [1.807, 2.05) is 6.92 Å². The first-order valence-electron chi connectivity index (χ1n) is 7.43. The lowest BCUT2D eigenvalue weighted by molar-refractivity contribution is -0.137. The van der Waals surface area contributed by atoms with Crippen LogP contribution in [0.4, 0.5) is 18.9 Å². The highest BCUT2D eigenvalue weighted by atomic mass is 19.4. The first kappa shape index (κ1) is 18.6. The van der Waals surface area contributed by atoms with Gasteiger partial charge < -0.3 is 14.8 Å². The van der Waals surface area contributed by atoms with Crippen molar-refractivity contribution in [3.05, 3.63) is 53.1 Å².